The van der Waals surface area contributed by atoms with Gasteiger partial charge >= 0.3 is 12.1 Å². The van der Waals surface area contributed by atoms with Crippen LogP contribution < -0.4 is 10.1 Å². The molecule has 2 amide bonds. The number of carbonyl (C=O) groups is 2. The molecule has 5 aliphatic rings. The smallest absolute Gasteiger partial charge is 0.410 e. The highest BCUT2D eigenvalue weighted by molar-refractivity contribution is 5.97. The van der Waals surface area contributed by atoms with Crippen molar-refractivity contribution in [3.8, 4) is 5.75 Å². The summed E-state index contributed by atoms with van der Waals surface area (Å²) in [6.07, 6.45) is 4.13. The average molecular weight is 480 g/mol. The lowest BCUT2D eigenvalue weighted by atomic mass is 9.65. The van der Waals surface area contributed by atoms with Gasteiger partial charge in [-0.05, 0) is 61.9 Å². The first-order valence-corrected chi connectivity index (χ1v) is 13.3. The number of likely N-dealkylation sites (N-methyl/N-ethyl adjacent to an activating group) is 1. The van der Waals surface area contributed by atoms with Crippen molar-refractivity contribution < 1.29 is 14.3 Å². The normalized spacial score (nSPS) is 30.1. The van der Waals surface area contributed by atoms with Crippen LogP contribution in [0.5, 0.6) is 5.75 Å². The van der Waals surface area contributed by atoms with Gasteiger partial charge in [0.05, 0.1) is 5.52 Å². The molecule has 1 aromatic carbocycles. The second-order valence-corrected chi connectivity index (χ2v) is 10.9. The molecule has 4 fully saturated rings. The number of nitrogens with one attached hydrogen (secondary N) is 1. The van der Waals surface area contributed by atoms with Gasteiger partial charge in [-0.1, -0.05) is 13.3 Å². The van der Waals surface area contributed by atoms with Crippen LogP contribution in [0.15, 0.2) is 18.2 Å². The van der Waals surface area contributed by atoms with Crippen molar-refractivity contribution in [2.24, 2.45) is 11.8 Å². The molecular weight excluding hydrogens is 442 g/mol. The Bertz CT molecular complexity index is 1150. The highest BCUT2D eigenvalue weighted by Crippen LogP contribution is 2.52. The minimum absolute atomic E-state index is 0.104. The van der Waals surface area contributed by atoms with Crippen molar-refractivity contribution >= 4 is 23.0 Å². The minimum atomic E-state index is -0.478. The number of ether oxygens (including phenoxy) is 1. The Kier molecular flexibility index (Phi) is 5.76. The second-order valence-electron chi connectivity index (χ2n) is 10.9. The van der Waals surface area contributed by atoms with Gasteiger partial charge in [-0.15, -0.1) is 0 Å². The number of hydrogen-bond donors (Lipinski definition) is 1. The lowest BCUT2D eigenvalue weighted by Gasteiger charge is -2.53. The lowest BCUT2D eigenvalue weighted by Crippen LogP contribution is -2.56. The Morgan fingerprint density at radius 1 is 1.11 bits per heavy atom. The minimum Gasteiger partial charge on any atom is -0.410 e. The van der Waals surface area contributed by atoms with E-state index in [2.05, 4.69) is 33.7 Å². The van der Waals surface area contributed by atoms with Gasteiger partial charge in [-0.2, -0.15) is 0 Å². The van der Waals surface area contributed by atoms with Crippen molar-refractivity contribution in [3.63, 3.8) is 0 Å². The number of hydrogen-bond acceptors (Lipinski definition) is 5. The van der Waals surface area contributed by atoms with E-state index in [0.29, 0.717) is 29.5 Å². The summed E-state index contributed by atoms with van der Waals surface area (Å²) in [5.41, 5.74) is 3.46. The van der Waals surface area contributed by atoms with E-state index in [1.54, 1.807) is 7.05 Å². The van der Waals surface area contributed by atoms with Gasteiger partial charge in [0.25, 0.3) is 0 Å². The van der Waals surface area contributed by atoms with Crippen LogP contribution in [-0.2, 0) is 6.42 Å². The average Bonchev–Trinajstić information content (AvgIpc) is 3.14. The quantitative estimate of drug-likeness (QED) is 0.716. The fourth-order valence-corrected chi connectivity index (χ4v) is 7.40. The SMILES string of the molecule is CC[C@H]1C[C@@H]2C[C@H]3c4c(c5cc(OC(=O)NC)ccc5n4C(=O)N4CCN(C)CC4)CCN(C2)[C@@H]13. The highest BCUT2D eigenvalue weighted by Gasteiger charge is 2.50. The number of carbonyl (C=O) groups excluding carboxylic acids is 2. The zero-order chi connectivity index (χ0) is 24.3. The first-order valence-electron chi connectivity index (χ1n) is 13.3. The lowest BCUT2D eigenvalue weighted by molar-refractivity contribution is -0.0139. The topological polar surface area (TPSA) is 70.0 Å². The van der Waals surface area contributed by atoms with Gasteiger partial charge < -0.3 is 19.9 Å². The summed E-state index contributed by atoms with van der Waals surface area (Å²) in [5.74, 6) is 2.29. The third kappa shape index (κ3) is 3.73. The van der Waals surface area contributed by atoms with Gasteiger partial charge in [0.1, 0.15) is 5.75 Å². The van der Waals surface area contributed by atoms with E-state index in [-0.39, 0.29) is 6.03 Å². The van der Waals surface area contributed by atoms with E-state index in [4.69, 9.17) is 4.74 Å². The van der Waals surface area contributed by atoms with Crippen molar-refractivity contribution in [1.29, 1.82) is 0 Å². The first kappa shape index (κ1) is 22.9. The fraction of sp³-hybridized carbons (Fsp3) is 0.630. The zero-order valence-electron chi connectivity index (χ0n) is 21.1. The molecule has 1 unspecified atom stereocenters. The molecule has 0 radical (unpaired) electrons. The summed E-state index contributed by atoms with van der Waals surface area (Å²) in [7, 11) is 3.68. The highest BCUT2D eigenvalue weighted by atomic mass is 16.5. The third-order valence-corrected chi connectivity index (χ3v) is 9.02. The molecule has 4 bridgehead atoms. The Labute approximate surface area is 207 Å². The maximum absolute atomic E-state index is 14.2. The number of nitrogens with zero attached hydrogens (tertiary/aromatic N) is 4. The summed E-state index contributed by atoms with van der Waals surface area (Å²) in [6, 6.07) is 6.38. The molecule has 3 saturated heterocycles. The standard InChI is InChI=1S/C27H37N5O3/c1-4-18-13-17-14-22-24(18)31(16-17)8-7-20-21-15-19(35-26(33)28-2)5-6-23(21)32(25(20)22)27(34)30-11-9-29(3)10-12-30/h5-6,15,17-18,22,24H,4,7-14,16H2,1-3H3,(H,28,33)/t17-,18+,22-,24+/m1/s1. The van der Waals surface area contributed by atoms with Gasteiger partial charge in [0.15, 0.2) is 0 Å². The molecule has 188 valence electrons. The van der Waals surface area contributed by atoms with Crippen molar-refractivity contribution in [1.82, 2.24) is 24.6 Å². The summed E-state index contributed by atoms with van der Waals surface area (Å²) in [4.78, 5) is 33.1. The maximum atomic E-state index is 14.2. The summed E-state index contributed by atoms with van der Waals surface area (Å²) in [6.45, 7) is 7.85. The largest absolute Gasteiger partial charge is 0.412 e. The summed E-state index contributed by atoms with van der Waals surface area (Å²) in [5, 5.41) is 3.58. The first-order chi connectivity index (χ1) is 17.0. The number of aromatic nitrogens is 1. The fourth-order valence-electron chi connectivity index (χ4n) is 7.40. The van der Waals surface area contributed by atoms with E-state index in [9.17, 15) is 9.59 Å². The number of amides is 2. The maximum Gasteiger partial charge on any atom is 0.412 e. The van der Waals surface area contributed by atoms with E-state index in [0.717, 1.165) is 50.0 Å². The van der Waals surface area contributed by atoms with Crippen LogP contribution in [0.25, 0.3) is 10.9 Å². The van der Waals surface area contributed by atoms with Crippen molar-refractivity contribution in [2.75, 3.05) is 53.4 Å². The molecule has 0 spiro atoms. The predicted molar refractivity (Wildman–Crippen MR) is 135 cm³/mol. The number of piperazine rings is 1. The molecule has 7 rings (SSSR count). The van der Waals surface area contributed by atoms with Crippen molar-refractivity contribution in [2.45, 2.75) is 44.6 Å². The van der Waals surface area contributed by atoms with Gasteiger partial charge in [0.2, 0.25) is 0 Å². The molecule has 4 aliphatic heterocycles. The molecule has 1 saturated carbocycles. The van der Waals surface area contributed by atoms with Gasteiger partial charge in [-0.25, -0.2) is 9.59 Å². The molecule has 1 aromatic heterocycles. The Hall–Kier alpha value is -2.58. The molecule has 35 heavy (non-hydrogen) atoms. The van der Waals surface area contributed by atoms with Crippen LogP contribution in [0.4, 0.5) is 9.59 Å². The van der Waals surface area contributed by atoms with Crippen LogP contribution >= 0.6 is 0 Å². The summed E-state index contributed by atoms with van der Waals surface area (Å²) >= 11 is 0. The van der Waals surface area contributed by atoms with Crippen LogP contribution in [0.2, 0.25) is 0 Å². The monoisotopic (exact) mass is 479 g/mol. The molecule has 5 heterocycles. The number of fused-ring (bicyclic) bond motifs is 4. The molecule has 1 N–H and O–H groups in total. The zero-order valence-corrected chi connectivity index (χ0v) is 21.1. The molecular formula is C27H37N5O3. The van der Waals surface area contributed by atoms with Gasteiger partial charge in [0, 0.05) is 69.4 Å². The van der Waals surface area contributed by atoms with Crippen LogP contribution in [0.1, 0.15) is 43.4 Å². The predicted octanol–water partition coefficient (Wildman–Crippen LogP) is 3.34. The van der Waals surface area contributed by atoms with Crippen LogP contribution in [0, 0.1) is 11.8 Å². The number of rotatable bonds is 2. The Balaban J connectivity index is 1.50. The Morgan fingerprint density at radius 3 is 2.66 bits per heavy atom. The molecule has 2 aromatic rings. The molecule has 5 atom stereocenters. The number of piperidine rings is 2. The number of benzene rings is 1. The molecule has 8 heteroatoms. The van der Waals surface area contributed by atoms with Crippen molar-refractivity contribution in [3.05, 3.63) is 29.5 Å². The second kappa shape index (κ2) is 8.82. The Morgan fingerprint density at radius 2 is 1.91 bits per heavy atom. The van der Waals surface area contributed by atoms with E-state index >= 15 is 0 Å². The molecule has 1 aliphatic carbocycles. The van der Waals surface area contributed by atoms with E-state index < -0.39 is 6.09 Å². The van der Waals surface area contributed by atoms with Crippen LogP contribution in [-0.4, -0.2) is 90.8 Å². The van der Waals surface area contributed by atoms with E-state index in [1.807, 2.05) is 23.1 Å². The van der Waals surface area contributed by atoms with Crippen LogP contribution in [0.3, 0.4) is 0 Å². The molecule has 8 nitrogen and oxygen atoms in total. The van der Waals surface area contributed by atoms with E-state index in [1.165, 1.54) is 37.1 Å². The van der Waals surface area contributed by atoms with Gasteiger partial charge in [-0.3, -0.25) is 9.47 Å². The summed E-state index contributed by atoms with van der Waals surface area (Å²) < 4.78 is 7.55. The third-order valence-electron chi connectivity index (χ3n) is 9.02.